The number of nitrogens with zero attached hydrogens (tertiary/aromatic N) is 1. The maximum absolute atomic E-state index is 11.2. The predicted molar refractivity (Wildman–Crippen MR) is 40.9 cm³/mol. The number of amides is 2. The van der Waals surface area contributed by atoms with Crippen molar-refractivity contribution in [1.29, 1.82) is 0 Å². The average Bonchev–Trinajstić information content (AvgIpc) is 2.34. The summed E-state index contributed by atoms with van der Waals surface area (Å²) in [5, 5.41) is 0. The summed E-state index contributed by atoms with van der Waals surface area (Å²) < 4.78 is 0. The Bertz CT molecular complexity index is 205. The van der Waals surface area contributed by atoms with Gasteiger partial charge in [0.1, 0.15) is 6.04 Å². The topological polar surface area (TPSA) is 58.6 Å². The Labute approximate surface area is 70.6 Å². The van der Waals surface area contributed by atoms with E-state index in [4.69, 9.17) is 0 Å². The van der Waals surface area contributed by atoms with Crippen molar-refractivity contribution in [2.45, 2.75) is 18.9 Å². The van der Waals surface area contributed by atoms with Gasteiger partial charge in [0.15, 0.2) is 0 Å². The number of likely N-dealkylation sites (N-methyl/N-ethyl adjacent to an activating group) is 1. The molecular weight excluding hydrogens is 160 g/mol. The Morgan fingerprint density at radius 3 is 2.83 bits per heavy atom. The summed E-state index contributed by atoms with van der Waals surface area (Å²) >= 11 is 0. The molecule has 0 aromatic rings. The summed E-state index contributed by atoms with van der Waals surface area (Å²) in [7, 11) is 2.99. The number of hydrogen-bond acceptors (Lipinski definition) is 3. The first-order valence-electron chi connectivity index (χ1n) is 3.75. The molecule has 1 unspecified atom stereocenters. The first-order chi connectivity index (χ1) is 5.66. The quantitative estimate of drug-likeness (QED) is 0.559. The van der Waals surface area contributed by atoms with Crippen molar-refractivity contribution < 1.29 is 14.4 Å². The van der Waals surface area contributed by atoms with Crippen LogP contribution in [0.2, 0.25) is 0 Å². The summed E-state index contributed by atoms with van der Waals surface area (Å²) in [6.45, 7) is 0. The lowest BCUT2D eigenvalue weighted by Crippen LogP contribution is -2.42. The van der Waals surface area contributed by atoms with Crippen LogP contribution in [0.15, 0.2) is 0 Å². The van der Waals surface area contributed by atoms with Crippen LogP contribution < -0.4 is 5.48 Å². The molecule has 1 saturated heterocycles. The molecule has 0 aromatic carbocycles. The normalized spacial score (nSPS) is 23.0. The van der Waals surface area contributed by atoms with Gasteiger partial charge in [0, 0.05) is 13.5 Å². The molecule has 1 fully saturated rings. The van der Waals surface area contributed by atoms with E-state index in [1.165, 1.54) is 12.0 Å². The molecule has 12 heavy (non-hydrogen) atoms. The Balaban J connectivity index is 2.53. The fourth-order valence-corrected chi connectivity index (χ4v) is 1.28. The third kappa shape index (κ3) is 1.55. The van der Waals surface area contributed by atoms with Crippen LogP contribution in [-0.2, 0) is 14.4 Å². The number of hydroxylamine groups is 1. The van der Waals surface area contributed by atoms with Gasteiger partial charge in [0.2, 0.25) is 5.91 Å². The van der Waals surface area contributed by atoms with E-state index in [0.29, 0.717) is 12.8 Å². The number of nitrogens with one attached hydrogen (secondary N) is 1. The highest BCUT2D eigenvalue weighted by molar-refractivity contribution is 5.90. The largest absolute Gasteiger partial charge is 0.334 e. The molecule has 5 nitrogen and oxygen atoms in total. The van der Waals surface area contributed by atoms with Crippen molar-refractivity contribution in [2.75, 3.05) is 14.2 Å². The zero-order valence-corrected chi connectivity index (χ0v) is 7.16. The van der Waals surface area contributed by atoms with Gasteiger partial charge in [-0.05, 0) is 6.42 Å². The Morgan fingerprint density at radius 1 is 1.75 bits per heavy atom. The molecule has 0 spiro atoms. The Hall–Kier alpha value is -1.10. The molecule has 68 valence electrons. The molecule has 1 rings (SSSR count). The fraction of sp³-hybridized carbons (Fsp3) is 0.714. The standard InChI is InChI=1S/C7H12N2O3/c1-9-5(3-4-6(9)10)7(11)8-12-2/h5H,3-4H2,1-2H3,(H,8,11). The van der Waals surface area contributed by atoms with Gasteiger partial charge in [0.05, 0.1) is 7.11 Å². The molecule has 0 bridgehead atoms. The lowest BCUT2D eigenvalue weighted by Gasteiger charge is -2.17. The maximum atomic E-state index is 11.2. The van der Waals surface area contributed by atoms with Crippen LogP contribution in [0, 0.1) is 0 Å². The van der Waals surface area contributed by atoms with Crippen LogP contribution in [0.5, 0.6) is 0 Å². The Morgan fingerprint density at radius 2 is 2.42 bits per heavy atom. The van der Waals surface area contributed by atoms with E-state index in [9.17, 15) is 9.59 Å². The SMILES string of the molecule is CONC(=O)C1CCC(=O)N1C. The van der Waals surface area contributed by atoms with Gasteiger partial charge in [-0.1, -0.05) is 0 Å². The average molecular weight is 172 g/mol. The van der Waals surface area contributed by atoms with Gasteiger partial charge in [-0.3, -0.25) is 14.4 Å². The van der Waals surface area contributed by atoms with Gasteiger partial charge in [-0.15, -0.1) is 0 Å². The molecule has 0 aliphatic carbocycles. The van der Waals surface area contributed by atoms with E-state index in [0.717, 1.165) is 0 Å². The second-order valence-corrected chi connectivity index (χ2v) is 2.73. The van der Waals surface area contributed by atoms with Crippen molar-refractivity contribution in [3.63, 3.8) is 0 Å². The monoisotopic (exact) mass is 172 g/mol. The van der Waals surface area contributed by atoms with Crippen LogP contribution in [0.4, 0.5) is 0 Å². The number of carbonyl (C=O) groups is 2. The zero-order chi connectivity index (χ0) is 9.14. The Kier molecular flexibility index (Phi) is 2.65. The lowest BCUT2D eigenvalue weighted by atomic mass is 10.2. The smallest absolute Gasteiger partial charge is 0.266 e. The number of carbonyl (C=O) groups excluding carboxylic acids is 2. The van der Waals surface area contributed by atoms with E-state index < -0.39 is 0 Å². The van der Waals surface area contributed by atoms with E-state index >= 15 is 0 Å². The number of rotatable bonds is 2. The third-order valence-electron chi connectivity index (χ3n) is 2.00. The van der Waals surface area contributed by atoms with E-state index in [1.54, 1.807) is 7.05 Å². The summed E-state index contributed by atoms with van der Waals surface area (Å²) in [5.74, 6) is -0.253. The molecule has 1 atom stereocenters. The second kappa shape index (κ2) is 3.53. The van der Waals surface area contributed by atoms with Crippen molar-refractivity contribution in [2.24, 2.45) is 0 Å². The van der Waals surface area contributed by atoms with Gasteiger partial charge >= 0.3 is 0 Å². The highest BCUT2D eigenvalue weighted by Crippen LogP contribution is 2.15. The first-order valence-corrected chi connectivity index (χ1v) is 3.75. The maximum Gasteiger partial charge on any atom is 0.266 e. The minimum absolute atomic E-state index is 0.00579. The van der Waals surface area contributed by atoms with Crippen LogP contribution >= 0.6 is 0 Å². The van der Waals surface area contributed by atoms with Gasteiger partial charge in [-0.25, -0.2) is 5.48 Å². The van der Waals surface area contributed by atoms with E-state index in [2.05, 4.69) is 10.3 Å². The fourth-order valence-electron chi connectivity index (χ4n) is 1.28. The molecule has 1 aliphatic rings. The molecule has 2 amide bonds. The molecule has 1 aliphatic heterocycles. The van der Waals surface area contributed by atoms with Crippen LogP contribution in [0.1, 0.15) is 12.8 Å². The minimum Gasteiger partial charge on any atom is -0.334 e. The van der Waals surface area contributed by atoms with Gasteiger partial charge < -0.3 is 4.90 Å². The van der Waals surface area contributed by atoms with Gasteiger partial charge in [-0.2, -0.15) is 0 Å². The molecule has 1 N–H and O–H groups in total. The molecule has 0 radical (unpaired) electrons. The summed E-state index contributed by atoms with van der Waals surface area (Å²) in [4.78, 5) is 28.1. The van der Waals surface area contributed by atoms with Gasteiger partial charge in [0.25, 0.3) is 5.91 Å². The highest BCUT2D eigenvalue weighted by atomic mass is 16.6. The van der Waals surface area contributed by atoms with E-state index in [-0.39, 0.29) is 17.9 Å². The zero-order valence-electron chi connectivity index (χ0n) is 7.16. The predicted octanol–water partition coefficient (Wildman–Crippen LogP) is -0.715. The van der Waals surface area contributed by atoms with Crippen molar-refractivity contribution >= 4 is 11.8 Å². The van der Waals surface area contributed by atoms with Crippen molar-refractivity contribution in [3.05, 3.63) is 0 Å². The highest BCUT2D eigenvalue weighted by Gasteiger charge is 2.32. The lowest BCUT2D eigenvalue weighted by molar-refractivity contribution is -0.140. The summed E-state index contributed by atoms with van der Waals surface area (Å²) in [6, 6.07) is -0.363. The minimum atomic E-state index is -0.363. The summed E-state index contributed by atoms with van der Waals surface area (Å²) in [6.07, 6.45) is 1.02. The molecule has 0 saturated carbocycles. The molecule has 1 heterocycles. The number of likely N-dealkylation sites (tertiary alicyclic amines) is 1. The molecule has 0 aromatic heterocycles. The molecule has 5 heteroatoms. The van der Waals surface area contributed by atoms with Crippen molar-refractivity contribution in [1.82, 2.24) is 10.4 Å². The number of hydrogen-bond donors (Lipinski definition) is 1. The summed E-state index contributed by atoms with van der Waals surface area (Å²) in [5.41, 5.74) is 2.21. The van der Waals surface area contributed by atoms with Crippen LogP contribution in [0.25, 0.3) is 0 Å². The van der Waals surface area contributed by atoms with Crippen molar-refractivity contribution in [3.8, 4) is 0 Å². The second-order valence-electron chi connectivity index (χ2n) is 2.73. The van der Waals surface area contributed by atoms with Crippen LogP contribution in [0.3, 0.4) is 0 Å². The first kappa shape index (κ1) is 8.99. The third-order valence-corrected chi connectivity index (χ3v) is 2.00. The van der Waals surface area contributed by atoms with Crippen LogP contribution in [-0.4, -0.2) is 36.9 Å². The molecular formula is C7H12N2O3. The van der Waals surface area contributed by atoms with E-state index in [1.807, 2.05) is 0 Å².